The fourth-order valence-electron chi connectivity index (χ4n) is 7.16. The Morgan fingerprint density at radius 3 is 2.72 bits per heavy atom. The summed E-state index contributed by atoms with van der Waals surface area (Å²) < 4.78 is 23.1. The number of hydrogen-bond acceptors (Lipinski definition) is 4. The molecule has 3 N–H and O–H groups in total. The molecule has 3 heterocycles. The van der Waals surface area contributed by atoms with Crippen molar-refractivity contribution in [3.05, 3.63) is 94.1 Å². The molecule has 0 radical (unpaired) electrons. The Morgan fingerprint density at radius 1 is 1.16 bits per heavy atom. The first kappa shape index (κ1) is 29.7. The van der Waals surface area contributed by atoms with Gasteiger partial charge in [0.05, 0.1) is 24.8 Å². The zero-order valence-corrected chi connectivity index (χ0v) is 26.9. The molecule has 1 saturated heterocycles. The number of nitrogens with one attached hydrogen (secondary N) is 2. The van der Waals surface area contributed by atoms with Crippen LogP contribution in [0.15, 0.2) is 77.4 Å². The molecule has 7 nitrogen and oxygen atoms in total. The van der Waals surface area contributed by atoms with Crippen molar-refractivity contribution in [3.63, 3.8) is 0 Å². The van der Waals surface area contributed by atoms with Crippen molar-refractivity contribution >= 4 is 58.4 Å². The molecule has 0 saturated carbocycles. The minimum absolute atomic E-state index is 0.138. The summed E-state index contributed by atoms with van der Waals surface area (Å²) >= 11 is 3.56. The second-order valence-corrected chi connectivity index (χ2v) is 16.8. The Balaban J connectivity index is 1.27. The number of aliphatic hydroxyl groups excluding tert-OH is 1. The quantitative estimate of drug-likeness (QED) is 0.143. The van der Waals surface area contributed by atoms with Crippen LogP contribution in [0.5, 0.6) is 0 Å². The maximum absolute atomic E-state index is 15.7. The number of amides is 2. The normalized spacial score (nSPS) is 23.3. The fourth-order valence-corrected chi connectivity index (χ4v) is 10.1. The molecule has 3 aromatic carbocycles. The topological polar surface area (TPSA) is 94.7 Å². The summed E-state index contributed by atoms with van der Waals surface area (Å²) in [5.74, 6) is -0.789. The first-order valence-electron chi connectivity index (χ1n) is 14.6. The first-order chi connectivity index (χ1) is 20.5. The molecule has 0 aliphatic carbocycles. The van der Waals surface area contributed by atoms with E-state index in [9.17, 15) is 14.7 Å². The van der Waals surface area contributed by atoms with Gasteiger partial charge in [-0.1, -0.05) is 53.2 Å². The van der Waals surface area contributed by atoms with E-state index in [1.54, 1.807) is 18.0 Å². The van der Waals surface area contributed by atoms with E-state index in [0.29, 0.717) is 11.3 Å². The Labute approximate surface area is 259 Å². The van der Waals surface area contributed by atoms with Gasteiger partial charge in [0.15, 0.2) is 5.60 Å². The average molecular weight is 665 g/mol. The summed E-state index contributed by atoms with van der Waals surface area (Å²) in [5, 5.41) is 13.8. The number of carbonyl (C=O) groups is 2. The minimum atomic E-state index is -3.26. The van der Waals surface area contributed by atoms with Gasteiger partial charge in [-0.15, -0.1) is 0 Å². The van der Waals surface area contributed by atoms with Gasteiger partial charge in [0.25, 0.3) is 5.91 Å². The fraction of sp³-hybridized carbons (Fsp3) is 0.333. The number of nitrogens with zero attached hydrogens (tertiary/aromatic N) is 1. The number of aromatic amines is 1. The van der Waals surface area contributed by atoms with Gasteiger partial charge in [-0.3, -0.25) is 9.59 Å². The van der Waals surface area contributed by atoms with Gasteiger partial charge in [0, 0.05) is 50.9 Å². The van der Waals surface area contributed by atoms with Gasteiger partial charge in [-0.05, 0) is 67.0 Å². The van der Waals surface area contributed by atoms with E-state index in [-0.39, 0.29) is 37.8 Å². The molecule has 4 atom stereocenters. The number of aliphatic hydroxyl groups is 1. The standard InChI is InChI=1S/C33H35BrFN3O4Si/c1-20-31(43(2,3)35)29(13-14-39)42-33(20)26-17-23(34)11-12-28(26)38(32(33)41)19-21-7-6-8-24(15-21)37-30(40)16-22-18-36-27-10-5-4-9-25(22)27/h4-12,15,17-18,20,29,31,36,39H,13-14,16,19H2,1-3H3,(H,37,40)/t20-,29+,31-,33+/m1/s1. The molecule has 0 bridgehead atoms. The molecular formula is C33H35BrFN3O4Si. The predicted octanol–water partition coefficient (Wildman–Crippen LogP) is 6.82. The number of anilines is 2. The van der Waals surface area contributed by atoms with Crippen LogP contribution in [-0.2, 0) is 32.9 Å². The molecule has 6 rings (SSSR count). The molecule has 2 aliphatic rings. The van der Waals surface area contributed by atoms with Crippen molar-refractivity contribution < 1.29 is 23.5 Å². The van der Waals surface area contributed by atoms with E-state index in [2.05, 4.69) is 26.2 Å². The van der Waals surface area contributed by atoms with Crippen molar-refractivity contribution in [2.45, 2.75) is 56.7 Å². The van der Waals surface area contributed by atoms with Crippen molar-refractivity contribution in [1.29, 1.82) is 0 Å². The molecule has 1 aromatic heterocycles. The van der Waals surface area contributed by atoms with Crippen LogP contribution in [0.2, 0.25) is 18.6 Å². The summed E-state index contributed by atoms with van der Waals surface area (Å²) in [4.78, 5) is 32.3. The molecular weight excluding hydrogens is 629 g/mol. The Morgan fingerprint density at radius 2 is 1.95 bits per heavy atom. The van der Waals surface area contributed by atoms with Crippen LogP contribution in [0.4, 0.5) is 15.5 Å². The van der Waals surface area contributed by atoms with E-state index in [0.717, 1.165) is 32.2 Å². The summed E-state index contributed by atoms with van der Waals surface area (Å²) in [6, 6.07) is 21.0. The number of hydrogen-bond donors (Lipinski definition) is 3. The van der Waals surface area contributed by atoms with Gasteiger partial charge in [-0.25, -0.2) is 0 Å². The van der Waals surface area contributed by atoms with Crippen molar-refractivity contribution in [1.82, 2.24) is 4.98 Å². The molecule has 4 aromatic rings. The second kappa shape index (κ2) is 11.3. The Kier molecular flexibility index (Phi) is 7.83. The first-order valence-corrected chi connectivity index (χ1v) is 18.3. The largest absolute Gasteiger partial charge is 0.396 e. The number of fused-ring (bicyclic) bond motifs is 3. The number of H-pyrrole nitrogens is 1. The lowest BCUT2D eigenvalue weighted by Crippen LogP contribution is -2.45. The lowest BCUT2D eigenvalue weighted by molar-refractivity contribution is -0.146. The number of para-hydroxylation sites is 1. The number of rotatable bonds is 8. The van der Waals surface area contributed by atoms with Gasteiger partial charge in [0.1, 0.15) is 0 Å². The van der Waals surface area contributed by atoms with E-state index in [1.807, 2.05) is 79.9 Å². The molecule has 224 valence electrons. The number of ether oxygens (including phenoxy) is 1. The van der Waals surface area contributed by atoms with Gasteiger partial charge < -0.3 is 29.2 Å². The summed E-state index contributed by atoms with van der Waals surface area (Å²) in [6.07, 6.45) is 1.80. The average Bonchev–Trinajstić information content (AvgIpc) is 3.56. The summed E-state index contributed by atoms with van der Waals surface area (Å²) in [7, 11) is -3.26. The van der Waals surface area contributed by atoms with E-state index in [4.69, 9.17) is 4.74 Å². The van der Waals surface area contributed by atoms with Crippen LogP contribution >= 0.6 is 15.9 Å². The van der Waals surface area contributed by atoms with Crippen molar-refractivity contribution in [2.24, 2.45) is 5.92 Å². The molecule has 0 unspecified atom stereocenters. The molecule has 2 amide bonds. The van der Waals surface area contributed by atoms with Crippen LogP contribution in [0.25, 0.3) is 10.9 Å². The third-order valence-corrected chi connectivity index (χ3v) is 11.9. The molecule has 1 fully saturated rings. The zero-order chi connectivity index (χ0) is 30.5. The van der Waals surface area contributed by atoms with Gasteiger partial charge >= 0.3 is 0 Å². The Hall–Kier alpha value is -3.31. The second-order valence-electron chi connectivity index (χ2n) is 12.1. The number of benzene rings is 3. The van der Waals surface area contributed by atoms with Crippen LogP contribution in [0.1, 0.15) is 30.0 Å². The van der Waals surface area contributed by atoms with Crippen LogP contribution < -0.4 is 10.2 Å². The maximum atomic E-state index is 15.7. The SMILES string of the molecule is C[C@@H]1[C@@H]([Si](C)(C)F)[C@H](CCO)O[C@@]12C(=O)N(Cc1cccc(NC(=O)Cc3c[nH]c4ccccc34)c1)c1ccc(Br)cc12. The smallest absolute Gasteiger partial charge is 0.264 e. The Bertz CT molecular complexity index is 1700. The van der Waals surface area contributed by atoms with Gasteiger partial charge in [0.2, 0.25) is 14.3 Å². The summed E-state index contributed by atoms with van der Waals surface area (Å²) in [5.41, 5.74) is 3.01. The van der Waals surface area contributed by atoms with E-state index >= 15 is 4.11 Å². The molecule has 2 aliphatic heterocycles. The lowest BCUT2D eigenvalue weighted by atomic mass is 9.82. The van der Waals surface area contributed by atoms with Crippen LogP contribution in [-0.4, -0.2) is 43.0 Å². The van der Waals surface area contributed by atoms with Gasteiger partial charge in [-0.2, -0.15) is 0 Å². The minimum Gasteiger partial charge on any atom is -0.396 e. The number of carbonyl (C=O) groups excluding carboxylic acids is 2. The number of halogens is 2. The highest BCUT2D eigenvalue weighted by molar-refractivity contribution is 9.10. The van der Waals surface area contributed by atoms with E-state index in [1.165, 1.54) is 0 Å². The highest BCUT2D eigenvalue weighted by Gasteiger charge is 2.66. The maximum Gasteiger partial charge on any atom is 0.264 e. The monoisotopic (exact) mass is 663 g/mol. The van der Waals surface area contributed by atoms with E-state index < -0.39 is 31.6 Å². The molecule has 43 heavy (non-hydrogen) atoms. The highest BCUT2D eigenvalue weighted by atomic mass is 79.9. The predicted molar refractivity (Wildman–Crippen MR) is 172 cm³/mol. The number of aromatic nitrogens is 1. The molecule has 10 heteroatoms. The highest BCUT2D eigenvalue weighted by Crippen LogP contribution is 2.60. The third-order valence-electron chi connectivity index (χ3n) is 8.91. The van der Waals surface area contributed by atoms with Crippen molar-refractivity contribution in [2.75, 3.05) is 16.8 Å². The zero-order valence-electron chi connectivity index (χ0n) is 24.4. The lowest BCUT2D eigenvalue weighted by Gasteiger charge is -2.31. The van der Waals surface area contributed by atoms with Crippen molar-refractivity contribution in [3.8, 4) is 0 Å². The third kappa shape index (κ3) is 5.24. The molecule has 1 spiro atoms. The van der Waals surface area contributed by atoms with Crippen LogP contribution in [0.3, 0.4) is 0 Å². The van der Waals surface area contributed by atoms with Crippen LogP contribution in [0, 0.1) is 5.92 Å². The summed E-state index contributed by atoms with van der Waals surface area (Å²) in [6.45, 7) is 5.32.